The summed E-state index contributed by atoms with van der Waals surface area (Å²) in [7, 11) is 1.67. The molecule has 1 amide bonds. The average molecular weight is 424 g/mol. The molecule has 0 saturated carbocycles. The first kappa shape index (κ1) is 20.1. The van der Waals surface area contributed by atoms with Crippen molar-refractivity contribution in [3.8, 4) is 5.75 Å². The van der Waals surface area contributed by atoms with Crippen molar-refractivity contribution in [3.05, 3.63) is 95.6 Å². The summed E-state index contributed by atoms with van der Waals surface area (Å²) in [5.41, 5.74) is 5.08. The van der Waals surface area contributed by atoms with Crippen molar-refractivity contribution in [1.82, 2.24) is 10.3 Å². The van der Waals surface area contributed by atoms with Crippen LogP contribution >= 0.6 is 0 Å². The highest BCUT2D eigenvalue weighted by Crippen LogP contribution is 2.35. The zero-order valence-electron chi connectivity index (χ0n) is 18.0. The molecule has 0 spiro atoms. The second kappa shape index (κ2) is 8.71. The first-order chi connectivity index (χ1) is 15.7. The van der Waals surface area contributed by atoms with E-state index in [0.717, 1.165) is 47.5 Å². The van der Waals surface area contributed by atoms with Crippen molar-refractivity contribution < 1.29 is 9.53 Å². The fourth-order valence-corrected chi connectivity index (χ4v) is 4.17. The second-order valence-electron chi connectivity index (χ2n) is 7.97. The minimum Gasteiger partial charge on any atom is -0.497 e. The standard InChI is InChI=1S/C27H25N3O2/c1-32-24-12-9-21-17-22-14-16-30(26(22)29-25(21)18-24)23-10-7-20(8-11-23)27(31)28-15-13-19-5-3-2-4-6-19/h2-12,17-18H,13-16H2,1H3,(H,28,31). The highest BCUT2D eigenvalue weighted by molar-refractivity contribution is 5.94. The van der Waals surface area contributed by atoms with Crippen LogP contribution in [-0.2, 0) is 12.8 Å². The van der Waals surface area contributed by atoms with Gasteiger partial charge in [0.1, 0.15) is 11.6 Å². The van der Waals surface area contributed by atoms with Crippen LogP contribution in [0.3, 0.4) is 0 Å². The molecule has 1 aromatic heterocycles. The Balaban J connectivity index is 1.29. The molecular weight excluding hydrogens is 398 g/mol. The number of anilines is 2. The fraction of sp³-hybridized carbons (Fsp3) is 0.185. The summed E-state index contributed by atoms with van der Waals surface area (Å²) in [6, 6.07) is 26.1. The maximum Gasteiger partial charge on any atom is 0.251 e. The third-order valence-corrected chi connectivity index (χ3v) is 5.92. The number of methoxy groups -OCH3 is 1. The van der Waals surface area contributed by atoms with Gasteiger partial charge in [-0.15, -0.1) is 0 Å². The van der Waals surface area contributed by atoms with E-state index >= 15 is 0 Å². The van der Waals surface area contributed by atoms with Crippen LogP contribution in [0.15, 0.2) is 78.9 Å². The lowest BCUT2D eigenvalue weighted by molar-refractivity contribution is 0.0954. The van der Waals surface area contributed by atoms with Crippen LogP contribution in [-0.4, -0.2) is 31.1 Å². The largest absolute Gasteiger partial charge is 0.497 e. The van der Waals surface area contributed by atoms with Crippen molar-refractivity contribution in [2.45, 2.75) is 12.8 Å². The smallest absolute Gasteiger partial charge is 0.251 e. The second-order valence-corrected chi connectivity index (χ2v) is 7.97. The van der Waals surface area contributed by atoms with Crippen LogP contribution in [0.2, 0.25) is 0 Å². The van der Waals surface area contributed by atoms with Gasteiger partial charge in [-0.05, 0) is 66.4 Å². The number of carbonyl (C=O) groups excluding carboxylic acids is 1. The Kier molecular flexibility index (Phi) is 5.46. The minimum atomic E-state index is -0.0504. The first-order valence-corrected chi connectivity index (χ1v) is 10.9. The van der Waals surface area contributed by atoms with E-state index in [9.17, 15) is 4.79 Å². The van der Waals surface area contributed by atoms with Gasteiger partial charge in [0, 0.05) is 35.8 Å². The number of hydrogen-bond acceptors (Lipinski definition) is 4. The highest BCUT2D eigenvalue weighted by atomic mass is 16.5. The number of hydrogen-bond donors (Lipinski definition) is 1. The summed E-state index contributed by atoms with van der Waals surface area (Å²) in [4.78, 5) is 19.7. The van der Waals surface area contributed by atoms with Gasteiger partial charge in [-0.25, -0.2) is 4.98 Å². The molecule has 0 unspecified atom stereocenters. The summed E-state index contributed by atoms with van der Waals surface area (Å²) in [5, 5.41) is 4.13. The summed E-state index contributed by atoms with van der Waals surface area (Å²) < 4.78 is 5.35. The lowest BCUT2D eigenvalue weighted by Gasteiger charge is -2.19. The van der Waals surface area contributed by atoms with E-state index in [0.29, 0.717) is 12.1 Å². The third kappa shape index (κ3) is 4.02. The number of aromatic nitrogens is 1. The molecule has 4 aromatic rings. The van der Waals surface area contributed by atoms with Crippen LogP contribution in [0.4, 0.5) is 11.5 Å². The molecule has 1 N–H and O–H groups in total. The number of amides is 1. The van der Waals surface area contributed by atoms with Crippen LogP contribution < -0.4 is 15.0 Å². The molecule has 160 valence electrons. The van der Waals surface area contributed by atoms with E-state index < -0.39 is 0 Å². The molecule has 0 fully saturated rings. The number of nitrogens with zero attached hydrogens (tertiary/aromatic N) is 2. The zero-order valence-corrected chi connectivity index (χ0v) is 18.0. The average Bonchev–Trinajstić information content (AvgIpc) is 3.25. The van der Waals surface area contributed by atoms with Gasteiger partial charge in [0.25, 0.3) is 5.91 Å². The van der Waals surface area contributed by atoms with Gasteiger partial charge >= 0.3 is 0 Å². The Morgan fingerprint density at radius 1 is 1.03 bits per heavy atom. The molecule has 1 aliphatic heterocycles. The molecule has 1 aliphatic rings. The normalized spacial score (nSPS) is 12.6. The van der Waals surface area contributed by atoms with Gasteiger partial charge in [0.05, 0.1) is 12.6 Å². The molecule has 5 heteroatoms. The molecular formula is C27H25N3O2. The molecule has 0 aliphatic carbocycles. The molecule has 0 atom stereocenters. The monoisotopic (exact) mass is 423 g/mol. The quantitative estimate of drug-likeness (QED) is 0.479. The Bertz CT molecular complexity index is 1250. The van der Waals surface area contributed by atoms with Gasteiger partial charge < -0.3 is 15.0 Å². The molecule has 0 saturated heterocycles. The van der Waals surface area contributed by atoms with E-state index in [1.165, 1.54) is 11.1 Å². The van der Waals surface area contributed by atoms with Crippen molar-refractivity contribution in [2.24, 2.45) is 0 Å². The Labute approximate surface area is 187 Å². The van der Waals surface area contributed by atoms with Gasteiger partial charge in [0.2, 0.25) is 0 Å². The van der Waals surface area contributed by atoms with Gasteiger partial charge in [-0.1, -0.05) is 30.3 Å². The van der Waals surface area contributed by atoms with E-state index in [2.05, 4.69) is 34.5 Å². The lowest BCUT2D eigenvalue weighted by Crippen LogP contribution is -2.25. The number of ether oxygens (including phenoxy) is 1. The third-order valence-electron chi connectivity index (χ3n) is 5.92. The lowest BCUT2D eigenvalue weighted by atomic mass is 10.1. The minimum absolute atomic E-state index is 0.0504. The summed E-state index contributed by atoms with van der Waals surface area (Å²) in [6.45, 7) is 1.49. The molecule has 0 radical (unpaired) electrons. The first-order valence-electron chi connectivity index (χ1n) is 10.9. The van der Waals surface area contributed by atoms with Crippen molar-refractivity contribution in [1.29, 1.82) is 0 Å². The van der Waals surface area contributed by atoms with Crippen LogP contribution in [0.1, 0.15) is 21.5 Å². The van der Waals surface area contributed by atoms with E-state index in [4.69, 9.17) is 9.72 Å². The number of benzene rings is 3. The molecule has 3 aromatic carbocycles. The van der Waals surface area contributed by atoms with Crippen LogP contribution in [0.25, 0.3) is 10.9 Å². The maximum atomic E-state index is 12.5. The van der Waals surface area contributed by atoms with Gasteiger partial charge in [0.15, 0.2) is 0 Å². The van der Waals surface area contributed by atoms with Crippen molar-refractivity contribution in [3.63, 3.8) is 0 Å². The SMILES string of the molecule is COc1ccc2cc3c(nc2c1)N(c1ccc(C(=O)NCCc2ccccc2)cc1)CC3. The predicted octanol–water partition coefficient (Wildman–Crippen LogP) is 4.91. The molecule has 2 heterocycles. The topological polar surface area (TPSA) is 54.5 Å². The van der Waals surface area contributed by atoms with Crippen LogP contribution in [0, 0.1) is 0 Å². The van der Waals surface area contributed by atoms with Crippen molar-refractivity contribution in [2.75, 3.05) is 25.1 Å². The molecule has 5 rings (SSSR count). The van der Waals surface area contributed by atoms with Gasteiger partial charge in [-0.3, -0.25) is 4.79 Å². The molecule has 0 bridgehead atoms. The van der Waals surface area contributed by atoms with E-state index in [1.54, 1.807) is 7.11 Å². The molecule has 32 heavy (non-hydrogen) atoms. The Morgan fingerprint density at radius 2 is 1.84 bits per heavy atom. The van der Waals surface area contributed by atoms with E-state index in [-0.39, 0.29) is 5.91 Å². The number of fused-ring (bicyclic) bond motifs is 2. The summed E-state index contributed by atoms with van der Waals surface area (Å²) in [5.74, 6) is 1.73. The number of nitrogens with one attached hydrogen (secondary N) is 1. The summed E-state index contributed by atoms with van der Waals surface area (Å²) >= 11 is 0. The maximum absolute atomic E-state index is 12.5. The summed E-state index contributed by atoms with van der Waals surface area (Å²) in [6.07, 6.45) is 1.77. The zero-order chi connectivity index (χ0) is 21.9. The molecule has 5 nitrogen and oxygen atoms in total. The number of rotatable bonds is 6. The Hall–Kier alpha value is -3.86. The predicted molar refractivity (Wildman–Crippen MR) is 128 cm³/mol. The van der Waals surface area contributed by atoms with Crippen molar-refractivity contribution >= 4 is 28.3 Å². The highest BCUT2D eigenvalue weighted by Gasteiger charge is 2.23. The van der Waals surface area contributed by atoms with Gasteiger partial charge in [-0.2, -0.15) is 0 Å². The number of pyridine rings is 1. The van der Waals surface area contributed by atoms with E-state index in [1.807, 2.05) is 54.6 Å². The number of carbonyl (C=O) groups is 1. The fourth-order valence-electron chi connectivity index (χ4n) is 4.17. The Morgan fingerprint density at radius 3 is 2.62 bits per heavy atom. The van der Waals surface area contributed by atoms with Crippen LogP contribution in [0.5, 0.6) is 5.75 Å².